The van der Waals surface area contributed by atoms with Gasteiger partial charge >= 0.3 is 5.91 Å². The first-order valence-electron chi connectivity index (χ1n) is 11.4. The highest BCUT2D eigenvalue weighted by atomic mass is 32.1. The molecule has 1 aliphatic rings. The lowest BCUT2D eigenvalue weighted by molar-refractivity contribution is -0.132. The summed E-state index contributed by atoms with van der Waals surface area (Å²) in [6, 6.07) is 11.9. The van der Waals surface area contributed by atoms with Gasteiger partial charge in [-0.15, -0.1) is 11.3 Å². The largest absolute Gasteiger partial charge is 0.505 e. The number of hydrogen-bond donors (Lipinski definition) is 1. The van der Waals surface area contributed by atoms with E-state index in [1.807, 2.05) is 42.5 Å². The molecule has 8 nitrogen and oxygen atoms in total. The maximum atomic E-state index is 13.3. The van der Waals surface area contributed by atoms with Crippen molar-refractivity contribution in [2.24, 2.45) is 0 Å². The number of anilines is 1. The Labute approximate surface area is 206 Å². The van der Waals surface area contributed by atoms with Crippen molar-refractivity contribution in [2.45, 2.75) is 32.7 Å². The number of aliphatic hydroxyl groups is 1. The minimum Gasteiger partial charge on any atom is -0.505 e. The molecule has 0 bridgehead atoms. The van der Waals surface area contributed by atoms with Crippen LogP contribution in [0.3, 0.4) is 0 Å². The van der Waals surface area contributed by atoms with Crippen molar-refractivity contribution in [1.29, 1.82) is 0 Å². The molecule has 1 aliphatic heterocycles. The number of hydrogen-bond acceptors (Lipinski definition) is 7. The van der Waals surface area contributed by atoms with Gasteiger partial charge in [0, 0.05) is 17.8 Å². The number of aromatic nitrogens is 3. The molecule has 1 amide bonds. The molecule has 4 aromatic rings. The van der Waals surface area contributed by atoms with E-state index in [2.05, 4.69) is 16.9 Å². The smallest absolute Gasteiger partial charge is 0.301 e. The number of aliphatic hydroxyl groups excluding tert-OH is 1. The predicted octanol–water partition coefficient (Wildman–Crippen LogP) is 4.90. The number of ketones is 1. The standard InChI is InChI=1S/C26H24N4O4S/c1-3-4-14-34-18-10-8-17(9-11-18)22-20(24(32)25(33)30(22)26-27-12-15-35-26)23(31)21-16(2)28-19-7-5-6-13-29(19)21/h5-13,15,22,31H,3-4,14H2,1-2H3. The maximum absolute atomic E-state index is 13.3. The molecule has 0 radical (unpaired) electrons. The second-order valence-electron chi connectivity index (χ2n) is 8.23. The van der Waals surface area contributed by atoms with Crippen LogP contribution in [0.1, 0.15) is 42.8 Å². The van der Waals surface area contributed by atoms with E-state index in [0.717, 1.165) is 12.8 Å². The minimum atomic E-state index is -0.848. The molecule has 9 heteroatoms. The minimum absolute atomic E-state index is 0.00129. The first-order chi connectivity index (χ1) is 17.0. The fraction of sp³-hybridized carbons (Fsp3) is 0.231. The van der Waals surface area contributed by atoms with Crippen molar-refractivity contribution in [3.63, 3.8) is 0 Å². The van der Waals surface area contributed by atoms with Crippen LogP contribution in [0.25, 0.3) is 11.4 Å². The zero-order valence-corrected chi connectivity index (χ0v) is 20.2. The number of carbonyl (C=O) groups excluding carboxylic acids is 2. The average Bonchev–Trinajstić information content (AvgIpc) is 3.56. The van der Waals surface area contributed by atoms with Crippen molar-refractivity contribution >= 4 is 39.6 Å². The average molecular weight is 489 g/mol. The summed E-state index contributed by atoms with van der Waals surface area (Å²) < 4.78 is 7.48. The number of fused-ring (bicyclic) bond motifs is 1. The van der Waals surface area contributed by atoms with Gasteiger partial charge in [0.25, 0.3) is 5.78 Å². The van der Waals surface area contributed by atoms with Crippen molar-refractivity contribution < 1.29 is 19.4 Å². The van der Waals surface area contributed by atoms with Gasteiger partial charge in [-0.2, -0.15) is 0 Å². The molecule has 4 heterocycles. The number of ether oxygens (including phenoxy) is 1. The van der Waals surface area contributed by atoms with Crippen LogP contribution in [0.15, 0.2) is 65.8 Å². The Balaban J connectivity index is 1.66. The van der Waals surface area contributed by atoms with Gasteiger partial charge in [-0.05, 0) is 43.2 Å². The van der Waals surface area contributed by atoms with Gasteiger partial charge in [0.2, 0.25) is 0 Å². The molecule has 178 valence electrons. The lowest BCUT2D eigenvalue weighted by Gasteiger charge is -2.23. The number of nitrogens with zero attached hydrogens (tertiary/aromatic N) is 4. The third kappa shape index (κ3) is 3.97. The summed E-state index contributed by atoms with van der Waals surface area (Å²) >= 11 is 1.25. The highest BCUT2D eigenvalue weighted by Crippen LogP contribution is 2.43. The maximum Gasteiger partial charge on any atom is 0.301 e. The second-order valence-corrected chi connectivity index (χ2v) is 9.10. The Morgan fingerprint density at radius 1 is 1.17 bits per heavy atom. The molecule has 1 N–H and O–H groups in total. The topological polar surface area (TPSA) is 97.0 Å². The normalized spacial score (nSPS) is 17.4. The molecular weight excluding hydrogens is 464 g/mol. The molecule has 0 aliphatic carbocycles. The molecule has 1 unspecified atom stereocenters. The van der Waals surface area contributed by atoms with Gasteiger partial charge in [0.1, 0.15) is 17.1 Å². The number of unbranched alkanes of at least 4 members (excludes halogenated alkanes) is 1. The fourth-order valence-electron chi connectivity index (χ4n) is 4.29. The van der Waals surface area contributed by atoms with Crippen LogP contribution in [0.2, 0.25) is 0 Å². The summed E-state index contributed by atoms with van der Waals surface area (Å²) in [6.07, 6.45) is 5.32. The quantitative estimate of drug-likeness (QED) is 0.172. The zero-order valence-electron chi connectivity index (χ0n) is 19.3. The number of pyridine rings is 1. The molecule has 1 fully saturated rings. The van der Waals surface area contributed by atoms with Crippen LogP contribution in [0.5, 0.6) is 5.75 Å². The molecule has 3 aromatic heterocycles. The number of amides is 1. The third-order valence-corrected chi connectivity index (χ3v) is 6.73. The van der Waals surface area contributed by atoms with Gasteiger partial charge in [0.15, 0.2) is 10.9 Å². The highest BCUT2D eigenvalue weighted by Gasteiger charge is 2.48. The fourth-order valence-corrected chi connectivity index (χ4v) is 4.95. The van der Waals surface area contributed by atoms with Crippen LogP contribution >= 0.6 is 11.3 Å². The summed E-state index contributed by atoms with van der Waals surface area (Å²) in [6.45, 7) is 4.47. The van der Waals surface area contributed by atoms with Gasteiger partial charge in [-0.3, -0.25) is 18.9 Å². The van der Waals surface area contributed by atoms with E-state index >= 15 is 0 Å². The number of aryl methyl sites for hydroxylation is 1. The van der Waals surface area contributed by atoms with Crippen LogP contribution in [-0.4, -0.2) is 37.8 Å². The van der Waals surface area contributed by atoms with Gasteiger partial charge in [-0.1, -0.05) is 31.5 Å². The van der Waals surface area contributed by atoms with Crippen molar-refractivity contribution in [1.82, 2.24) is 14.4 Å². The van der Waals surface area contributed by atoms with Crippen LogP contribution in [0, 0.1) is 6.92 Å². The van der Waals surface area contributed by atoms with Crippen LogP contribution in [0.4, 0.5) is 5.13 Å². The summed E-state index contributed by atoms with van der Waals surface area (Å²) in [5, 5.41) is 13.6. The van der Waals surface area contributed by atoms with E-state index in [1.54, 1.807) is 29.1 Å². The lowest BCUT2D eigenvalue weighted by Crippen LogP contribution is -2.29. The second kappa shape index (κ2) is 9.34. The summed E-state index contributed by atoms with van der Waals surface area (Å²) in [4.78, 5) is 36.7. The monoisotopic (exact) mass is 488 g/mol. The molecule has 0 saturated carbocycles. The molecular formula is C26H24N4O4S. The Hall–Kier alpha value is -3.98. The Bertz CT molecular complexity index is 1420. The van der Waals surface area contributed by atoms with E-state index in [-0.39, 0.29) is 11.3 Å². The Kier molecular flexibility index (Phi) is 6.08. The van der Waals surface area contributed by atoms with E-state index in [0.29, 0.717) is 40.1 Å². The first kappa shape index (κ1) is 22.8. The summed E-state index contributed by atoms with van der Waals surface area (Å²) in [5.41, 5.74) is 2.22. The van der Waals surface area contributed by atoms with E-state index in [1.165, 1.54) is 16.2 Å². The van der Waals surface area contributed by atoms with Crippen LogP contribution in [-0.2, 0) is 9.59 Å². The van der Waals surface area contributed by atoms with Crippen molar-refractivity contribution in [2.75, 3.05) is 11.5 Å². The molecule has 1 aromatic carbocycles. The molecule has 0 spiro atoms. The zero-order chi connectivity index (χ0) is 24.5. The predicted molar refractivity (Wildman–Crippen MR) is 134 cm³/mol. The number of rotatable bonds is 7. The SMILES string of the molecule is CCCCOc1ccc(C2C(=C(O)c3c(C)nc4ccccn34)C(=O)C(=O)N2c2nccs2)cc1. The van der Waals surface area contributed by atoms with Gasteiger partial charge in [-0.25, -0.2) is 9.97 Å². The van der Waals surface area contributed by atoms with Crippen LogP contribution < -0.4 is 9.64 Å². The number of thiazole rings is 1. The number of carbonyl (C=O) groups is 2. The summed E-state index contributed by atoms with van der Waals surface area (Å²) in [5.74, 6) is -1.07. The number of benzene rings is 1. The van der Waals surface area contributed by atoms with Gasteiger partial charge < -0.3 is 9.84 Å². The van der Waals surface area contributed by atoms with E-state index in [9.17, 15) is 14.7 Å². The highest BCUT2D eigenvalue weighted by molar-refractivity contribution is 7.14. The molecule has 5 rings (SSSR count). The van der Waals surface area contributed by atoms with E-state index in [4.69, 9.17) is 4.74 Å². The Morgan fingerprint density at radius 3 is 2.69 bits per heavy atom. The summed E-state index contributed by atoms with van der Waals surface area (Å²) in [7, 11) is 0. The third-order valence-electron chi connectivity index (χ3n) is 5.96. The Morgan fingerprint density at radius 2 is 1.97 bits per heavy atom. The lowest BCUT2D eigenvalue weighted by atomic mass is 9.96. The van der Waals surface area contributed by atoms with Crippen molar-refractivity contribution in [3.05, 3.63) is 82.8 Å². The van der Waals surface area contributed by atoms with Crippen molar-refractivity contribution in [3.8, 4) is 5.75 Å². The number of imidazole rings is 1. The van der Waals surface area contributed by atoms with E-state index < -0.39 is 17.7 Å². The molecule has 1 atom stereocenters. The first-order valence-corrected chi connectivity index (χ1v) is 12.3. The molecule has 1 saturated heterocycles. The number of Topliss-reactive ketones (excluding diaryl/α,β-unsaturated/α-hetero) is 1. The molecule has 35 heavy (non-hydrogen) atoms. The van der Waals surface area contributed by atoms with Gasteiger partial charge in [0.05, 0.1) is 23.9 Å².